The van der Waals surface area contributed by atoms with Gasteiger partial charge in [-0.3, -0.25) is 9.36 Å². The molecule has 0 fully saturated rings. The first-order valence-corrected chi connectivity index (χ1v) is 6.28. The van der Waals surface area contributed by atoms with Gasteiger partial charge in [0, 0.05) is 32.0 Å². The summed E-state index contributed by atoms with van der Waals surface area (Å²) in [4.78, 5) is 0. The Balaban J connectivity index is 0.00000220. The molecule has 0 aliphatic rings. The maximum absolute atomic E-state index is 12.2. The Bertz CT molecular complexity index is 549. The quantitative estimate of drug-likeness (QED) is 0.888. The molecule has 0 saturated carbocycles. The molecule has 0 aromatic carbocycles. The van der Waals surface area contributed by atoms with Crippen molar-refractivity contribution in [1.29, 1.82) is 0 Å². The molecule has 0 saturated heterocycles. The molecule has 2 heterocycles. The van der Waals surface area contributed by atoms with E-state index in [4.69, 9.17) is 0 Å². The highest BCUT2D eigenvalue weighted by atomic mass is 35.5. The zero-order valence-corrected chi connectivity index (χ0v) is 12.3. The highest BCUT2D eigenvalue weighted by Gasteiger charge is 2.28. The van der Waals surface area contributed by atoms with Crippen molar-refractivity contribution < 1.29 is 13.2 Å². The number of alkyl halides is 3. The molecule has 0 unspecified atom stereocenters. The minimum Gasteiger partial charge on any atom is -0.305 e. The summed E-state index contributed by atoms with van der Waals surface area (Å²) in [6.07, 6.45) is -1.03. The van der Waals surface area contributed by atoms with Gasteiger partial charge in [-0.05, 0) is 19.1 Å². The van der Waals surface area contributed by atoms with Crippen molar-refractivity contribution in [2.24, 2.45) is 0 Å². The van der Waals surface area contributed by atoms with E-state index in [0.717, 1.165) is 16.9 Å². The van der Waals surface area contributed by atoms with Gasteiger partial charge >= 0.3 is 6.18 Å². The molecule has 0 aliphatic heterocycles. The topological polar surface area (TPSA) is 47.7 Å². The molecule has 2 rings (SSSR count). The van der Waals surface area contributed by atoms with E-state index in [1.807, 2.05) is 23.9 Å². The van der Waals surface area contributed by atoms with Gasteiger partial charge in [0.25, 0.3) is 0 Å². The van der Waals surface area contributed by atoms with Crippen LogP contribution in [0.3, 0.4) is 0 Å². The van der Waals surface area contributed by atoms with E-state index in [9.17, 15) is 13.2 Å². The van der Waals surface area contributed by atoms with Gasteiger partial charge in [0.2, 0.25) is 0 Å². The summed E-state index contributed by atoms with van der Waals surface area (Å²) in [6.45, 7) is 2.70. The van der Waals surface area contributed by atoms with Gasteiger partial charge in [0.05, 0.1) is 11.4 Å². The first-order chi connectivity index (χ1) is 9.46. The molecule has 0 atom stereocenters. The average Bonchev–Trinajstić information content (AvgIpc) is 2.97. The van der Waals surface area contributed by atoms with Crippen molar-refractivity contribution in [3.63, 3.8) is 0 Å². The van der Waals surface area contributed by atoms with Gasteiger partial charge in [-0.2, -0.15) is 23.4 Å². The molecule has 0 spiro atoms. The molecule has 9 heteroatoms. The fourth-order valence-electron chi connectivity index (χ4n) is 1.76. The highest BCUT2D eigenvalue weighted by Crippen LogP contribution is 2.16. The van der Waals surface area contributed by atoms with Gasteiger partial charge in [-0.1, -0.05) is 0 Å². The number of nitrogens with one attached hydrogen (secondary N) is 1. The van der Waals surface area contributed by atoms with Crippen LogP contribution < -0.4 is 5.32 Å². The molecule has 0 aliphatic carbocycles. The van der Waals surface area contributed by atoms with Crippen molar-refractivity contribution in [2.75, 3.05) is 0 Å². The SMILES string of the molecule is CCn1ccc(CNCc2ccn(CC(F)(F)F)n2)n1.Cl. The second-order valence-electron chi connectivity index (χ2n) is 4.39. The van der Waals surface area contributed by atoms with Gasteiger partial charge in [0.1, 0.15) is 6.54 Å². The predicted octanol–water partition coefficient (Wildman–Crippen LogP) is 2.37. The Morgan fingerprint density at radius 1 is 1.05 bits per heavy atom. The third-order valence-electron chi connectivity index (χ3n) is 2.67. The van der Waals surface area contributed by atoms with E-state index in [0.29, 0.717) is 18.8 Å². The molecule has 2 aromatic heterocycles. The maximum Gasteiger partial charge on any atom is 0.408 e. The van der Waals surface area contributed by atoms with E-state index in [1.54, 1.807) is 6.07 Å². The van der Waals surface area contributed by atoms with Crippen LogP contribution in [0.2, 0.25) is 0 Å². The van der Waals surface area contributed by atoms with Crippen LogP contribution in [0.5, 0.6) is 0 Å². The van der Waals surface area contributed by atoms with Crippen LogP contribution in [0.1, 0.15) is 18.3 Å². The largest absolute Gasteiger partial charge is 0.408 e. The molecule has 5 nitrogen and oxygen atoms in total. The van der Waals surface area contributed by atoms with Crippen LogP contribution >= 0.6 is 12.4 Å². The van der Waals surface area contributed by atoms with E-state index < -0.39 is 12.7 Å². The Labute approximate surface area is 126 Å². The molecule has 2 aromatic rings. The first-order valence-electron chi connectivity index (χ1n) is 6.28. The normalized spacial score (nSPS) is 11.4. The Hall–Kier alpha value is -1.54. The van der Waals surface area contributed by atoms with Crippen molar-refractivity contribution >= 4 is 12.4 Å². The summed E-state index contributed by atoms with van der Waals surface area (Å²) in [5.74, 6) is 0. The lowest BCUT2D eigenvalue weighted by Crippen LogP contribution is -2.19. The Morgan fingerprint density at radius 2 is 1.57 bits per heavy atom. The second-order valence-corrected chi connectivity index (χ2v) is 4.39. The van der Waals surface area contributed by atoms with E-state index in [-0.39, 0.29) is 12.4 Å². The summed E-state index contributed by atoms with van der Waals surface area (Å²) >= 11 is 0. The van der Waals surface area contributed by atoms with Gasteiger partial charge < -0.3 is 5.32 Å². The average molecular weight is 324 g/mol. The Morgan fingerprint density at radius 3 is 2.05 bits per heavy atom. The number of aromatic nitrogens is 4. The van der Waals surface area contributed by atoms with Crippen LogP contribution in [0.4, 0.5) is 13.2 Å². The first kappa shape index (κ1) is 17.5. The smallest absolute Gasteiger partial charge is 0.305 e. The second kappa shape index (κ2) is 7.46. The molecule has 118 valence electrons. The lowest BCUT2D eigenvalue weighted by atomic mass is 10.4. The Kier molecular flexibility index (Phi) is 6.22. The number of halogens is 4. The minimum atomic E-state index is -4.25. The van der Waals surface area contributed by atoms with Crippen LogP contribution in [-0.4, -0.2) is 25.7 Å². The summed E-state index contributed by atoms with van der Waals surface area (Å²) in [7, 11) is 0. The molecular weight excluding hydrogens is 307 g/mol. The fraction of sp³-hybridized carbons (Fsp3) is 0.500. The van der Waals surface area contributed by atoms with E-state index >= 15 is 0 Å². The summed E-state index contributed by atoms with van der Waals surface area (Å²) in [6, 6.07) is 3.47. The molecule has 0 radical (unpaired) electrons. The number of nitrogens with zero attached hydrogens (tertiary/aromatic N) is 4. The highest BCUT2D eigenvalue weighted by molar-refractivity contribution is 5.85. The van der Waals surface area contributed by atoms with Gasteiger partial charge in [-0.15, -0.1) is 12.4 Å². The predicted molar refractivity (Wildman–Crippen MR) is 74.0 cm³/mol. The van der Waals surface area contributed by atoms with E-state index in [2.05, 4.69) is 15.5 Å². The third kappa shape index (κ3) is 5.76. The van der Waals surface area contributed by atoms with Crippen molar-refractivity contribution in [2.45, 2.75) is 39.3 Å². The maximum atomic E-state index is 12.2. The zero-order valence-electron chi connectivity index (χ0n) is 11.5. The molecule has 0 amide bonds. The van der Waals surface area contributed by atoms with Gasteiger partial charge in [0.15, 0.2) is 0 Å². The monoisotopic (exact) mass is 323 g/mol. The number of hydrogen-bond donors (Lipinski definition) is 1. The minimum absolute atomic E-state index is 0. The summed E-state index contributed by atoms with van der Waals surface area (Å²) in [5.41, 5.74) is 1.46. The standard InChI is InChI=1S/C12H16F3N5.ClH/c1-2-19-5-3-10(17-19)7-16-8-11-4-6-20(18-11)9-12(13,14)15;/h3-6,16H,2,7-9H2,1H3;1H. The van der Waals surface area contributed by atoms with Crippen molar-refractivity contribution in [3.8, 4) is 0 Å². The van der Waals surface area contributed by atoms with Crippen LogP contribution in [-0.2, 0) is 26.2 Å². The number of hydrogen-bond acceptors (Lipinski definition) is 3. The third-order valence-corrected chi connectivity index (χ3v) is 2.67. The number of aryl methyl sites for hydroxylation is 1. The fourth-order valence-corrected chi connectivity index (χ4v) is 1.76. The summed E-state index contributed by atoms with van der Waals surface area (Å²) in [5, 5.41) is 11.2. The van der Waals surface area contributed by atoms with Crippen LogP contribution in [0.25, 0.3) is 0 Å². The van der Waals surface area contributed by atoms with Crippen LogP contribution in [0, 0.1) is 0 Å². The van der Waals surface area contributed by atoms with Crippen LogP contribution in [0.15, 0.2) is 24.5 Å². The zero-order chi connectivity index (χ0) is 14.6. The lowest BCUT2D eigenvalue weighted by molar-refractivity contribution is -0.142. The number of rotatable bonds is 6. The summed E-state index contributed by atoms with van der Waals surface area (Å²) < 4.78 is 39.2. The lowest BCUT2D eigenvalue weighted by Gasteiger charge is -2.05. The van der Waals surface area contributed by atoms with Gasteiger partial charge in [-0.25, -0.2) is 0 Å². The van der Waals surface area contributed by atoms with Crippen molar-refractivity contribution in [1.82, 2.24) is 24.9 Å². The van der Waals surface area contributed by atoms with E-state index in [1.165, 1.54) is 6.20 Å². The molecule has 0 bridgehead atoms. The van der Waals surface area contributed by atoms with Crippen molar-refractivity contribution in [3.05, 3.63) is 35.9 Å². The molecular formula is C12H17ClF3N5. The molecule has 21 heavy (non-hydrogen) atoms. The molecule has 1 N–H and O–H groups in total.